The van der Waals surface area contributed by atoms with Gasteiger partial charge in [0, 0.05) is 13.0 Å². The van der Waals surface area contributed by atoms with Crippen LogP contribution in [0.1, 0.15) is 106 Å². The average Bonchev–Trinajstić information content (AvgIpc) is 2.89. The highest BCUT2D eigenvalue weighted by Crippen LogP contribution is 2.38. The van der Waals surface area contributed by atoms with Gasteiger partial charge in [0.25, 0.3) is 0 Å². The molecule has 0 aromatic heterocycles. The molecule has 0 heterocycles. The molecular weight excluding hydrogens is 701 g/mol. The van der Waals surface area contributed by atoms with E-state index in [4.69, 9.17) is 24.4 Å². The van der Waals surface area contributed by atoms with Crippen LogP contribution in [-0.4, -0.2) is 79.8 Å². The van der Waals surface area contributed by atoms with Crippen LogP contribution in [0.25, 0.3) is 0 Å². The summed E-state index contributed by atoms with van der Waals surface area (Å²) in [5, 5.41) is 10.4. The van der Waals surface area contributed by atoms with Crippen LogP contribution >= 0.6 is 0 Å². The van der Waals surface area contributed by atoms with Crippen molar-refractivity contribution in [3.8, 4) is 5.75 Å². The predicted octanol–water partition coefficient (Wildman–Crippen LogP) is 5.89. The van der Waals surface area contributed by atoms with Crippen LogP contribution in [0, 0.1) is 13.8 Å². The summed E-state index contributed by atoms with van der Waals surface area (Å²) in [6.45, 7) is 29.4. The number of carbonyl (C=O) groups is 5. The lowest BCUT2D eigenvalue weighted by Crippen LogP contribution is -2.57. The molecule has 1 aromatic rings. The van der Waals surface area contributed by atoms with Gasteiger partial charge in [0.1, 0.15) is 34.6 Å². The monoisotopic (exact) mass is 764 g/mol. The number of aryl methyl sites for hydroxylation is 2. The Morgan fingerprint density at radius 3 is 1.70 bits per heavy atom. The van der Waals surface area contributed by atoms with Gasteiger partial charge in [-0.25, -0.2) is 14.4 Å². The highest BCUT2D eigenvalue weighted by atomic mass is 28.4. The Morgan fingerprint density at radius 2 is 1.25 bits per heavy atom. The van der Waals surface area contributed by atoms with Crippen LogP contribution in [0.2, 0.25) is 18.1 Å². The third-order valence-electron chi connectivity index (χ3n) is 7.86. The van der Waals surface area contributed by atoms with Crippen LogP contribution in [0.3, 0.4) is 0 Å². The van der Waals surface area contributed by atoms with Crippen molar-refractivity contribution in [1.82, 2.24) is 21.3 Å². The first-order chi connectivity index (χ1) is 23.8. The Labute approximate surface area is 316 Å². The number of hydrogen-bond donors (Lipinski definition) is 5. The standard InChI is InChI=1S/C37H64N6O9Si/c1-22-19-24(52-53(15,16)37(12,13)14)20-23(2)25(22)21-27(28(38)44)40-29(45)26(17-18-39-31(46)49-34(3,4)5)41-30(42-32(47)50-35(6,7)8)43-33(48)51-36(9,10)11/h19-20,26-27H,17-18,21H2,1-16H3,(H2,38,44)(H,39,46)(H,40,45)(H2,41,42,43,47,48)/t26-,27+/m1/s1. The van der Waals surface area contributed by atoms with E-state index >= 15 is 0 Å². The second-order valence-corrected chi connectivity index (χ2v) is 22.3. The lowest BCUT2D eigenvalue weighted by molar-refractivity contribution is -0.128. The fourth-order valence-electron chi connectivity index (χ4n) is 4.42. The summed E-state index contributed by atoms with van der Waals surface area (Å²) in [4.78, 5) is 68.4. The van der Waals surface area contributed by atoms with Crippen molar-refractivity contribution in [3.63, 3.8) is 0 Å². The van der Waals surface area contributed by atoms with E-state index in [1.165, 1.54) is 0 Å². The number of primary amides is 1. The molecule has 0 saturated carbocycles. The fraction of sp³-hybridized carbons (Fsp3) is 0.676. The third kappa shape index (κ3) is 17.8. The van der Waals surface area contributed by atoms with E-state index in [2.05, 4.69) is 60.1 Å². The van der Waals surface area contributed by atoms with E-state index in [0.717, 1.165) is 22.4 Å². The van der Waals surface area contributed by atoms with Crippen molar-refractivity contribution in [2.45, 2.75) is 157 Å². The van der Waals surface area contributed by atoms with E-state index in [1.807, 2.05) is 26.0 Å². The maximum Gasteiger partial charge on any atom is 0.437 e. The third-order valence-corrected chi connectivity index (χ3v) is 12.2. The van der Waals surface area contributed by atoms with Crippen LogP contribution in [-0.2, 0) is 30.2 Å². The Hall–Kier alpha value is -4.34. The van der Waals surface area contributed by atoms with Gasteiger partial charge in [0.2, 0.25) is 26.1 Å². The number of nitrogens with zero attached hydrogens (tertiary/aromatic N) is 1. The van der Waals surface area contributed by atoms with Crippen LogP contribution in [0.4, 0.5) is 14.4 Å². The van der Waals surface area contributed by atoms with Gasteiger partial charge in [-0.05, 0) is 130 Å². The first-order valence-corrected chi connectivity index (χ1v) is 20.6. The number of benzene rings is 1. The molecule has 0 aliphatic heterocycles. The Bertz CT molecular complexity index is 1490. The van der Waals surface area contributed by atoms with Crippen molar-refractivity contribution in [2.75, 3.05) is 6.54 Å². The molecule has 0 aliphatic carbocycles. The molecule has 2 atom stereocenters. The zero-order chi connectivity index (χ0) is 41.3. The summed E-state index contributed by atoms with van der Waals surface area (Å²) in [6, 6.07) is 1.37. The normalized spacial score (nSPS) is 13.9. The molecule has 15 nitrogen and oxygen atoms in total. The molecule has 0 bridgehead atoms. The quantitative estimate of drug-likeness (QED) is 0.0781. The van der Waals surface area contributed by atoms with Gasteiger partial charge in [0.15, 0.2) is 0 Å². The van der Waals surface area contributed by atoms with Gasteiger partial charge >= 0.3 is 18.3 Å². The lowest BCUT2D eigenvalue weighted by Gasteiger charge is -2.36. The molecule has 0 radical (unpaired) electrons. The maximum absolute atomic E-state index is 13.9. The summed E-state index contributed by atoms with van der Waals surface area (Å²) in [6.07, 6.45) is -2.81. The minimum absolute atomic E-state index is 0.0122. The number of amides is 5. The van der Waals surface area contributed by atoms with Crippen molar-refractivity contribution in [2.24, 2.45) is 10.7 Å². The number of nitrogens with two attached hydrogens (primary N) is 1. The fourth-order valence-corrected chi connectivity index (χ4v) is 5.43. The second-order valence-electron chi connectivity index (χ2n) is 17.5. The highest BCUT2D eigenvalue weighted by Gasteiger charge is 2.39. The van der Waals surface area contributed by atoms with E-state index < -0.39 is 73.3 Å². The molecule has 6 N–H and O–H groups in total. The van der Waals surface area contributed by atoms with Crippen molar-refractivity contribution >= 4 is 44.4 Å². The molecule has 1 aromatic carbocycles. The Balaban J connectivity index is 3.49. The molecule has 300 valence electrons. The zero-order valence-electron chi connectivity index (χ0n) is 34.6. The van der Waals surface area contributed by atoms with Crippen molar-refractivity contribution in [3.05, 3.63) is 28.8 Å². The second kappa shape index (κ2) is 18.1. The van der Waals surface area contributed by atoms with Gasteiger partial charge in [-0.1, -0.05) is 20.8 Å². The van der Waals surface area contributed by atoms with Crippen LogP contribution in [0.5, 0.6) is 5.75 Å². The average molecular weight is 765 g/mol. The summed E-state index contributed by atoms with van der Waals surface area (Å²) >= 11 is 0. The molecule has 0 aliphatic rings. The number of carbonyl (C=O) groups excluding carboxylic acids is 5. The minimum atomic E-state index is -2.13. The number of alkyl carbamates (subject to hydrolysis) is 2. The topological polar surface area (TPSA) is 209 Å². The van der Waals surface area contributed by atoms with E-state index in [9.17, 15) is 24.0 Å². The zero-order valence-corrected chi connectivity index (χ0v) is 35.6. The van der Waals surface area contributed by atoms with Gasteiger partial charge < -0.3 is 40.3 Å². The molecule has 0 saturated heterocycles. The lowest BCUT2D eigenvalue weighted by atomic mass is 9.95. The minimum Gasteiger partial charge on any atom is -0.543 e. The molecule has 0 fully saturated rings. The summed E-state index contributed by atoms with van der Waals surface area (Å²) in [5.41, 5.74) is 5.71. The smallest absolute Gasteiger partial charge is 0.437 e. The van der Waals surface area contributed by atoms with E-state index in [1.54, 1.807) is 62.3 Å². The number of ether oxygens (including phenoxy) is 3. The van der Waals surface area contributed by atoms with Crippen LogP contribution < -0.4 is 31.4 Å². The van der Waals surface area contributed by atoms with Gasteiger partial charge in [-0.2, -0.15) is 0 Å². The number of rotatable bonds is 11. The Kier molecular flexibility index (Phi) is 16.0. The summed E-state index contributed by atoms with van der Waals surface area (Å²) in [5.74, 6) is -1.27. The molecule has 5 amide bonds. The first-order valence-electron chi connectivity index (χ1n) is 17.7. The first kappa shape index (κ1) is 46.7. The predicted molar refractivity (Wildman–Crippen MR) is 207 cm³/mol. The molecule has 16 heteroatoms. The summed E-state index contributed by atoms with van der Waals surface area (Å²) < 4.78 is 22.4. The number of nitrogens with one attached hydrogen (secondary N) is 4. The Morgan fingerprint density at radius 1 is 0.755 bits per heavy atom. The SMILES string of the molecule is Cc1cc(O[Si](C)(C)C(C)(C)C)cc(C)c1C[C@H](NC(=O)[C@@H](CCNC(=O)OC(C)(C)C)N/C(=N/C(=O)OC(C)(C)C)NC(=O)OC(C)(C)C)C(N)=O. The van der Waals surface area contributed by atoms with E-state index in [0.29, 0.717) is 0 Å². The summed E-state index contributed by atoms with van der Waals surface area (Å²) in [7, 11) is -2.13. The van der Waals surface area contributed by atoms with Crippen molar-refractivity contribution in [1.29, 1.82) is 0 Å². The molecule has 1 rings (SSSR count). The van der Waals surface area contributed by atoms with E-state index in [-0.39, 0.29) is 24.4 Å². The molecular formula is C37H64N6O9Si. The molecule has 0 spiro atoms. The molecule has 0 unspecified atom stereocenters. The number of hydrogen-bond acceptors (Lipinski definition) is 9. The van der Waals surface area contributed by atoms with Gasteiger partial charge in [-0.15, -0.1) is 4.99 Å². The number of guanidine groups is 1. The van der Waals surface area contributed by atoms with Gasteiger partial charge in [-0.3, -0.25) is 14.9 Å². The van der Waals surface area contributed by atoms with Gasteiger partial charge in [0.05, 0.1) is 0 Å². The molecule has 53 heavy (non-hydrogen) atoms. The van der Waals surface area contributed by atoms with Crippen LogP contribution in [0.15, 0.2) is 17.1 Å². The largest absolute Gasteiger partial charge is 0.543 e. The number of aliphatic imine (C=N–C) groups is 1. The van der Waals surface area contributed by atoms with Crippen molar-refractivity contribution < 1.29 is 42.6 Å². The highest BCUT2D eigenvalue weighted by molar-refractivity contribution is 6.74. The maximum atomic E-state index is 13.9.